The Kier molecular flexibility index (Phi) is 5.61. The van der Waals surface area contributed by atoms with E-state index in [1.54, 1.807) is 48.5 Å². The Balaban J connectivity index is 1.79. The minimum absolute atomic E-state index is 0.122. The van der Waals surface area contributed by atoms with Crippen molar-refractivity contribution in [3.63, 3.8) is 0 Å². The maximum Gasteiger partial charge on any atom is 0.261 e. The number of rotatable bonds is 7. The highest BCUT2D eigenvalue weighted by Gasteiger charge is 2.35. The van der Waals surface area contributed by atoms with Crippen molar-refractivity contribution in [3.05, 3.63) is 70.8 Å². The molecule has 1 aliphatic rings. The van der Waals surface area contributed by atoms with Crippen LogP contribution in [0.4, 0.5) is 0 Å². The van der Waals surface area contributed by atoms with E-state index in [-0.39, 0.29) is 24.3 Å². The Bertz CT molecular complexity index is 875. The lowest BCUT2D eigenvalue weighted by atomic mass is 9.92. The Hall–Kier alpha value is -2.99. The first-order chi connectivity index (χ1) is 13.4. The molecule has 6 heteroatoms. The molecule has 0 spiro atoms. The molecule has 0 saturated heterocycles. The second-order valence-corrected chi connectivity index (χ2v) is 7.09. The molecule has 0 radical (unpaired) electrons. The lowest BCUT2D eigenvalue weighted by Crippen LogP contribution is -2.52. The molecule has 0 aromatic heterocycles. The van der Waals surface area contributed by atoms with Gasteiger partial charge < -0.3 is 11.1 Å². The molecule has 0 atom stereocenters. The van der Waals surface area contributed by atoms with Gasteiger partial charge in [0, 0.05) is 12.1 Å². The molecular weight excluding hydrogens is 354 g/mol. The first-order valence-corrected chi connectivity index (χ1v) is 9.51. The zero-order valence-corrected chi connectivity index (χ0v) is 16.2. The Morgan fingerprint density at radius 3 is 2.14 bits per heavy atom. The van der Waals surface area contributed by atoms with Crippen molar-refractivity contribution in [2.75, 3.05) is 6.54 Å². The number of fused-ring (bicyclic) bond motifs is 1. The molecule has 3 amide bonds. The number of nitrogens with zero attached hydrogens (tertiary/aromatic N) is 1. The highest BCUT2D eigenvalue weighted by atomic mass is 16.2. The molecule has 146 valence electrons. The van der Waals surface area contributed by atoms with E-state index in [0.717, 1.165) is 12.8 Å². The van der Waals surface area contributed by atoms with Crippen LogP contribution in [-0.2, 0) is 6.54 Å². The van der Waals surface area contributed by atoms with Gasteiger partial charge in [0.05, 0.1) is 23.2 Å². The number of nitrogens with one attached hydrogen (secondary N) is 1. The van der Waals surface area contributed by atoms with E-state index in [1.165, 1.54) is 4.90 Å². The van der Waals surface area contributed by atoms with E-state index in [4.69, 9.17) is 5.73 Å². The van der Waals surface area contributed by atoms with Gasteiger partial charge in [-0.3, -0.25) is 19.3 Å². The molecule has 2 aromatic rings. The molecular formula is C22H25N3O3. The van der Waals surface area contributed by atoms with Crippen LogP contribution in [-0.4, -0.2) is 34.7 Å². The standard InChI is InChI=1S/C22H25N3O3/c1-3-22(4-2,14-23)24-19(26)16-9-7-8-15(12-16)13-25-20(27)17-10-5-6-11-18(17)21(25)28/h5-12H,3-4,13-14,23H2,1-2H3,(H,24,26). The lowest BCUT2D eigenvalue weighted by Gasteiger charge is -2.31. The third-order valence-electron chi connectivity index (χ3n) is 5.53. The molecule has 0 aliphatic carbocycles. The highest BCUT2D eigenvalue weighted by molar-refractivity contribution is 6.21. The van der Waals surface area contributed by atoms with Gasteiger partial charge in [-0.2, -0.15) is 0 Å². The molecule has 3 N–H and O–H groups in total. The van der Waals surface area contributed by atoms with Gasteiger partial charge in [0.15, 0.2) is 0 Å². The number of carbonyl (C=O) groups is 3. The summed E-state index contributed by atoms with van der Waals surface area (Å²) < 4.78 is 0. The summed E-state index contributed by atoms with van der Waals surface area (Å²) in [7, 11) is 0. The summed E-state index contributed by atoms with van der Waals surface area (Å²) in [6, 6.07) is 13.8. The van der Waals surface area contributed by atoms with Crippen molar-refractivity contribution in [3.8, 4) is 0 Å². The topological polar surface area (TPSA) is 92.5 Å². The van der Waals surface area contributed by atoms with E-state index in [1.807, 2.05) is 13.8 Å². The first-order valence-electron chi connectivity index (χ1n) is 9.51. The molecule has 28 heavy (non-hydrogen) atoms. The SMILES string of the molecule is CCC(CC)(CN)NC(=O)c1cccc(CN2C(=O)c3ccccc3C2=O)c1. The fraction of sp³-hybridized carbons (Fsp3) is 0.318. The molecule has 1 heterocycles. The van der Waals surface area contributed by atoms with Crippen LogP contribution >= 0.6 is 0 Å². The van der Waals surface area contributed by atoms with Crippen LogP contribution in [0.2, 0.25) is 0 Å². The highest BCUT2D eigenvalue weighted by Crippen LogP contribution is 2.24. The largest absolute Gasteiger partial charge is 0.345 e. The predicted molar refractivity (Wildman–Crippen MR) is 107 cm³/mol. The van der Waals surface area contributed by atoms with Crippen LogP contribution < -0.4 is 11.1 Å². The Morgan fingerprint density at radius 2 is 1.61 bits per heavy atom. The average Bonchev–Trinajstić information content (AvgIpc) is 2.97. The number of hydrogen-bond donors (Lipinski definition) is 2. The lowest BCUT2D eigenvalue weighted by molar-refractivity contribution is 0.0642. The van der Waals surface area contributed by atoms with Crippen molar-refractivity contribution in [2.45, 2.75) is 38.8 Å². The minimum Gasteiger partial charge on any atom is -0.345 e. The van der Waals surface area contributed by atoms with Gasteiger partial charge in [-0.25, -0.2) is 0 Å². The molecule has 0 fully saturated rings. The van der Waals surface area contributed by atoms with Crippen LogP contribution in [0.1, 0.15) is 63.3 Å². The second kappa shape index (κ2) is 7.94. The Morgan fingerprint density at radius 1 is 1.00 bits per heavy atom. The monoisotopic (exact) mass is 379 g/mol. The van der Waals surface area contributed by atoms with Crippen molar-refractivity contribution >= 4 is 17.7 Å². The van der Waals surface area contributed by atoms with Gasteiger partial charge in [-0.15, -0.1) is 0 Å². The molecule has 1 aliphatic heterocycles. The number of imide groups is 1. The number of nitrogens with two attached hydrogens (primary N) is 1. The minimum atomic E-state index is -0.435. The fourth-order valence-electron chi connectivity index (χ4n) is 3.46. The van der Waals surface area contributed by atoms with Gasteiger partial charge in [-0.05, 0) is 42.7 Å². The second-order valence-electron chi connectivity index (χ2n) is 7.09. The summed E-state index contributed by atoms with van der Waals surface area (Å²) >= 11 is 0. The summed E-state index contributed by atoms with van der Waals surface area (Å²) in [4.78, 5) is 39.0. The van der Waals surface area contributed by atoms with Gasteiger partial charge in [0.25, 0.3) is 17.7 Å². The maximum absolute atomic E-state index is 12.7. The number of hydrogen-bond acceptors (Lipinski definition) is 4. The normalized spacial score (nSPS) is 13.6. The maximum atomic E-state index is 12.7. The van der Waals surface area contributed by atoms with E-state index < -0.39 is 5.54 Å². The third kappa shape index (κ3) is 3.55. The van der Waals surface area contributed by atoms with E-state index in [0.29, 0.717) is 28.8 Å². The summed E-state index contributed by atoms with van der Waals surface area (Å²) in [6.07, 6.45) is 1.47. The molecule has 0 bridgehead atoms. The van der Waals surface area contributed by atoms with Crippen molar-refractivity contribution in [1.82, 2.24) is 10.2 Å². The van der Waals surface area contributed by atoms with Gasteiger partial charge in [0.2, 0.25) is 0 Å². The van der Waals surface area contributed by atoms with Crippen LogP contribution in [0.25, 0.3) is 0 Å². The predicted octanol–water partition coefficient (Wildman–Crippen LogP) is 2.73. The number of benzene rings is 2. The molecule has 6 nitrogen and oxygen atoms in total. The van der Waals surface area contributed by atoms with Crippen LogP contribution in [0, 0.1) is 0 Å². The average molecular weight is 379 g/mol. The van der Waals surface area contributed by atoms with Crippen LogP contribution in [0.5, 0.6) is 0 Å². The smallest absolute Gasteiger partial charge is 0.261 e. The van der Waals surface area contributed by atoms with E-state index in [9.17, 15) is 14.4 Å². The van der Waals surface area contributed by atoms with Crippen LogP contribution in [0.3, 0.4) is 0 Å². The van der Waals surface area contributed by atoms with Gasteiger partial charge in [-0.1, -0.05) is 38.1 Å². The molecule has 2 aromatic carbocycles. The Labute approximate surface area is 164 Å². The summed E-state index contributed by atoms with van der Waals surface area (Å²) in [5.41, 5.74) is 7.46. The summed E-state index contributed by atoms with van der Waals surface area (Å²) in [5.74, 6) is -0.831. The quantitative estimate of drug-likeness (QED) is 0.724. The first kappa shape index (κ1) is 19.8. The zero-order valence-electron chi connectivity index (χ0n) is 16.2. The van der Waals surface area contributed by atoms with E-state index >= 15 is 0 Å². The number of amides is 3. The van der Waals surface area contributed by atoms with Crippen molar-refractivity contribution in [2.24, 2.45) is 5.73 Å². The zero-order chi connectivity index (χ0) is 20.3. The summed E-state index contributed by atoms with van der Waals surface area (Å²) in [5, 5.41) is 3.04. The van der Waals surface area contributed by atoms with E-state index in [2.05, 4.69) is 5.32 Å². The summed E-state index contributed by atoms with van der Waals surface area (Å²) in [6.45, 7) is 4.47. The van der Waals surface area contributed by atoms with Crippen molar-refractivity contribution in [1.29, 1.82) is 0 Å². The number of carbonyl (C=O) groups excluding carboxylic acids is 3. The third-order valence-corrected chi connectivity index (χ3v) is 5.53. The fourth-order valence-corrected chi connectivity index (χ4v) is 3.46. The van der Waals surface area contributed by atoms with Gasteiger partial charge >= 0.3 is 0 Å². The molecule has 3 rings (SSSR count). The van der Waals surface area contributed by atoms with Gasteiger partial charge in [0.1, 0.15) is 0 Å². The molecule has 0 unspecified atom stereocenters. The van der Waals surface area contributed by atoms with Crippen LogP contribution in [0.15, 0.2) is 48.5 Å². The molecule has 0 saturated carbocycles. The van der Waals surface area contributed by atoms with Crippen molar-refractivity contribution < 1.29 is 14.4 Å².